The number of benzene rings is 1. The highest BCUT2D eigenvalue weighted by atomic mass is 16.7. The van der Waals surface area contributed by atoms with Crippen LogP contribution in [0.5, 0.6) is 11.5 Å². The van der Waals surface area contributed by atoms with Crippen molar-refractivity contribution in [2.24, 2.45) is 0 Å². The number of rotatable bonds is 4. The van der Waals surface area contributed by atoms with E-state index in [1.54, 1.807) is 6.07 Å². The molecule has 8 heteroatoms. The van der Waals surface area contributed by atoms with E-state index in [4.69, 9.17) is 9.47 Å². The molecule has 8 nitrogen and oxygen atoms in total. The zero-order valence-corrected chi connectivity index (χ0v) is 15.7. The normalized spacial score (nSPS) is 18.2. The first kappa shape index (κ1) is 17.2. The molecule has 0 saturated carbocycles. The lowest BCUT2D eigenvalue weighted by Crippen LogP contribution is -2.49. The predicted octanol–water partition coefficient (Wildman–Crippen LogP) is 1.45. The number of piperazine rings is 1. The first-order valence-electron chi connectivity index (χ1n) is 9.77. The summed E-state index contributed by atoms with van der Waals surface area (Å²) in [6, 6.07) is 7.63. The van der Waals surface area contributed by atoms with E-state index in [0.717, 1.165) is 56.2 Å². The van der Waals surface area contributed by atoms with E-state index in [9.17, 15) is 4.79 Å². The summed E-state index contributed by atoms with van der Waals surface area (Å²) in [5.41, 5.74) is 3.22. The summed E-state index contributed by atoms with van der Waals surface area (Å²) in [6.07, 6.45) is 3.34. The molecule has 0 unspecified atom stereocenters. The maximum absolute atomic E-state index is 12.4. The fourth-order valence-corrected chi connectivity index (χ4v) is 3.98. The molecule has 2 aromatic rings. The Bertz CT molecular complexity index is 895. The van der Waals surface area contributed by atoms with Gasteiger partial charge in [0.05, 0.1) is 12.2 Å². The number of ether oxygens (including phenoxy) is 2. The van der Waals surface area contributed by atoms with Crippen LogP contribution in [0, 0.1) is 0 Å². The molecule has 1 aromatic carbocycles. The number of nitrogens with zero attached hydrogens (tertiary/aromatic N) is 4. The van der Waals surface area contributed by atoms with Crippen LogP contribution < -0.4 is 19.7 Å². The molecule has 1 saturated heterocycles. The van der Waals surface area contributed by atoms with Crippen LogP contribution >= 0.6 is 0 Å². The van der Waals surface area contributed by atoms with Gasteiger partial charge in [-0.05, 0) is 43.0 Å². The summed E-state index contributed by atoms with van der Waals surface area (Å²) in [6.45, 7) is 3.96. The number of aromatic nitrogens is 2. The standard InChI is InChI=1S/C20H23N5O3/c26-20(21-15-4-5-17-18(11-15)28-13-27-17)12-24-6-8-25(9-7-24)19-10-14-2-1-3-16(14)22-23-19/h4-5,10-11H,1-3,6-9,12-13H2,(H,21,26). The van der Waals surface area contributed by atoms with Crippen molar-refractivity contribution in [1.29, 1.82) is 0 Å². The SMILES string of the molecule is O=C(CN1CCN(c2cc3c(nn2)CCC3)CC1)Nc1ccc2c(c1)OCO2. The molecule has 1 N–H and O–H groups in total. The lowest BCUT2D eigenvalue weighted by atomic mass is 10.2. The second-order valence-corrected chi connectivity index (χ2v) is 7.41. The maximum atomic E-state index is 12.4. The molecule has 0 radical (unpaired) electrons. The Balaban J connectivity index is 1.13. The molecule has 28 heavy (non-hydrogen) atoms. The molecule has 0 spiro atoms. The lowest BCUT2D eigenvalue weighted by Gasteiger charge is -2.34. The number of carbonyl (C=O) groups excluding carboxylic acids is 1. The summed E-state index contributed by atoms with van der Waals surface area (Å²) in [5, 5.41) is 11.7. The number of hydrogen-bond donors (Lipinski definition) is 1. The van der Waals surface area contributed by atoms with Gasteiger partial charge in [0.25, 0.3) is 0 Å². The molecule has 0 bridgehead atoms. The van der Waals surface area contributed by atoms with Gasteiger partial charge in [0.15, 0.2) is 17.3 Å². The van der Waals surface area contributed by atoms with Crippen LogP contribution in [0.4, 0.5) is 11.5 Å². The first-order valence-corrected chi connectivity index (χ1v) is 9.77. The molecular weight excluding hydrogens is 358 g/mol. The number of anilines is 2. The van der Waals surface area contributed by atoms with Crippen molar-refractivity contribution in [2.45, 2.75) is 19.3 Å². The summed E-state index contributed by atoms with van der Waals surface area (Å²) >= 11 is 0. The van der Waals surface area contributed by atoms with Crippen LogP contribution in [0.25, 0.3) is 0 Å². The van der Waals surface area contributed by atoms with Gasteiger partial charge in [0.1, 0.15) is 0 Å². The van der Waals surface area contributed by atoms with Crippen molar-refractivity contribution in [2.75, 3.05) is 49.7 Å². The van der Waals surface area contributed by atoms with E-state index in [1.807, 2.05) is 12.1 Å². The Morgan fingerprint density at radius 1 is 1.04 bits per heavy atom. The topological polar surface area (TPSA) is 79.8 Å². The Labute approximate surface area is 163 Å². The maximum Gasteiger partial charge on any atom is 0.238 e. The zero-order valence-electron chi connectivity index (χ0n) is 15.7. The highest BCUT2D eigenvalue weighted by Crippen LogP contribution is 2.34. The molecule has 3 heterocycles. The molecule has 1 aliphatic carbocycles. The van der Waals surface area contributed by atoms with Gasteiger partial charge >= 0.3 is 0 Å². The highest BCUT2D eigenvalue weighted by molar-refractivity contribution is 5.92. The Kier molecular flexibility index (Phi) is 4.48. The van der Waals surface area contributed by atoms with Gasteiger partial charge < -0.3 is 19.7 Å². The number of fused-ring (bicyclic) bond motifs is 2. The molecule has 1 amide bonds. The number of carbonyl (C=O) groups is 1. The molecular formula is C20H23N5O3. The highest BCUT2D eigenvalue weighted by Gasteiger charge is 2.22. The molecule has 1 fully saturated rings. The Hall–Kier alpha value is -2.87. The zero-order chi connectivity index (χ0) is 18.9. The fraction of sp³-hybridized carbons (Fsp3) is 0.450. The quantitative estimate of drug-likeness (QED) is 0.859. The van der Waals surface area contributed by atoms with E-state index in [-0.39, 0.29) is 12.7 Å². The van der Waals surface area contributed by atoms with Crippen LogP contribution in [0.2, 0.25) is 0 Å². The lowest BCUT2D eigenvalue weighted by molar-refractivity contribution is -0.117. The summed E-state index contributed by atoms with van der Waals surface area (Å²) in [4.78, 5) is 16.8. The molecule has 146 valence electrons. The van der Waals surface area contributed by atoms with Crippen LogP contribution in [0.1, 0.15) is 17.7 Å². The van der Waals surface area contributed by atoms with Crippen molar-refractivity contribution in [3.05, 3.63) is 35.5 Å². The minimum atomic E-state index is -0.0235. The minimum Gasteiger partial charge on any atom is -0.454 e. The van der Waals surface area contributed by atoms with E-state index in [2.05, 4.69) is 31.4 Å². The monoisotopic (exact) mass is 381 g/mol. The van der Waals surface area contributed by atoms with Crippen LogP contribution in [-0.2, 0) is 17.6 Å². The summed E-state index contributed by atoms with van der Waals surface area (Å²) in [5.74, 6) is 2.32. The third kappa shape index (κ3) is 3.47. The van der Waals surface area contributed by atoms with Crippen molar-refractivity contribution >= 4 is 17.4 Å². The van der Waals surface area contributed by atoms with E-state index < -0.39 is 0 Å². The summed E-state index contributed by atoms with van der Waals surface area (Å²) in [7, 11) is 0. The van der Waals surface area contributed by atoms with Gasteiger partial charge in [-0.3, -0.25) is 9.69 Å². The van der Waals surface area contributed by atoms with E-state index >= 15 is 0 Å². The Morgan fingerprint density at radius 2 is 1.89 bits per heavy atom. The second-order valence-electron chi connectivity index (χ2n) is 7.41. The van der Waals surface area contributed by atoms with Gasteiger partial charge in [-0.1, -0.05) is 0 Å². The third-order valence-corrected chi connectivity index (χ3v) is 5.53. The van der Waals surface area contributed by atoms with Gasteiger partial charge in [0.2, 0.25) is 12.7 Å². The number of amides is 1. The van der Waals surface area contributed by atoms with Crippen LogP contribution in [0.3, 0.4) is 0 Å². The molecule has 0 atom stereocenters. The van der Waals surface area contributed by atoms with Crippen LogP contribution in [0.15, 0.2) is 24.3 Å². The Morgan fingerprint density at radius 3 is 2.79 bits per heavy atom. The second kappa shape index (κ2) is 7.27. The van der Waals surface area contributed by atoms with Gasteiger partial charge in [-0.15, -0.1) is 5.10 Å². The van der Waals surface area contributed by atoms with E-state index in [1.165, 1.54) is 12.0 Å². The first-order chi connectivity index (χ1) is 13.7. The minimum absolute atomic E-state index is 0.0235. The third-order valence-electron chi connectivity index (χ3n) is 5.53. The largest absolute Gasteiger partial charge is 0.454 e. The predicted molar refractivity (Wildman–Crippen MR) is 104 cm³/mol. The van der Waals surface area contributed by atoms with Crippen LogP contribution in [-0.4, -0.2) is 60.5 Å². The molecule has 3 aliphatic rings. The van der Waals surface area contributed by atoms with Gasteiger partial charge in [0, 0.05) is 37.9 Å². The average molecular weight is 381 g/mol. The van der Waals surface area contributed by atoms with E-state index in [0.29, 0.717) is 18.0 Å². The average Bonchev–Trinajstić information content (AvgIpc) is 3.36. The van der Waals surface area contributed by atoms with Crippen molar-refractivity contribution in [1.82, 2.24) is 15.1 Å². The number of hydrogen-bond acceptors (Lipinski definition) is 7. The fourth-order valence-electron chi connectivity index (χ4n) is 3.98. The number of aryl methyl sites for hydroxylation is 2. The molecule has 1 aromatic heterocycles. The van der Waals surface area contributed by atoms with Gasteiger partial charge in [-0.2, -0.15) is 5.10 Å². The van der Waals surface area contributed by atoms with Gasteiger partial charge in [-0.25, -0.2) is 0 Å². The smallest absolute Gasteiger partial charge is 0.238 e. The van der Waals surface area contributed by atoms with Crippen molar-refractivity contribution in [3.63, 3.8) is 0 Å². The van der Waals surface area contributed by atoms with Crippen molar-refractivity contribution in [3.8, 4) is 11.5 Å². The number of nitrogens with one attached hydrogen (secondary N) is 1. The summed E-state index contributed by atoms with van der Waals surface area (Å²) < 4.78 is 10.6. The molecule has 5 rings (SSSR count). The van der Waals surface area contributed by atoms with Crippen molar-refractivity contribution < 1.29 is 14.3 Å². The molecule has 2 aliphatic heterocycles.